The number of amides is 1. The van der Waals surface area contributed by atoms with Crippen LogP contribution in [0.2, 0.25) is 0 Å². The van der Waals surface area contributed by atoms with Gasteiger partial charge in [-0.3, -0.25) is 9.59 Å². The Morgan fingerprint density at radius 3 is 2.64 bits per heavy atom. The number of aryl methyl sites for hydroxylation is 1. The number of halogens is 1. The van der Waals surface area contributed by atoms with Crippen molar-refractivity contribution in [1.82, 2.24) is 10.3 Å². The van der Waals surface area contributed by atoms with Crippen molar-refractivity contribution in [3.63, 3.8) is 0 Å². The summed E-state index contributed by atoms with van der Waals surface area (Å²) in [5.41, 5.74) is 1.87. The number of pyridine rings is 1. The first kappa shape index (κ1) is 16.9. The molecule has 0 spiro atoms. The van der Waals surface area contributed by atoms with Gasteiger partial charge in [-0.15, -0.1) is 0 Å². The second-order valence-corrected chi connectivity index (χ2v) is 5.94. The molecule has 3 aromatic rings. The van der Waals surface area contributed by atoms with Gasteiger partial charge < -0.3 is 10.3 Å². The molecule has 1 amide bonds. The average molecular weight is 338 g/mol. The third-order valence-corrected chi connectivity index (χ3v) is 4.08. The lowest BCUT2D eigenvalue weighted by atomic mass is 10.1. The van der Waals surface area contributed by atoms with Crippen LogP contribution in [0.15, 0.2) is 59.4 Å². The number of carbonyl (C=O) groups is 1. The van der Waals surface area contributed by atoms with Gasteiger partial charge in [0.25, 0.3) is 5.56 Å². The van der Waals surface area contributed by atoms with Crippen LogP contribution in [0.4, 0.5) is 4.39 Å². The molecule has 0 aliphatic heterocycles. The summed E-state index contributed by atoms with van der Waals surface area (Å²) in [5, 5.41) is 3.62. The highest BCUT2D eigenvalue weighted by molar-refractivity contribution is 5.79. The van der Waals surface area contributed by atoms with Gasteiger partial charge in [0.15, 0.2) is 0 Å². The minimum Gasteiger partial charge on any atom is -0.356 e. The van der Waals surface area contributed by atoms with E-state index in [1.54, 1.807) is 12.1 Å². The van der Waals surface area contributed by atoms with Gasteiger partial charge in [-0.05, 0) is 48.1 Å². The quantitative estimate of drug-likeness (QED) is 0.726. The van der Waals surface area contributed by atoms with Crippen LogP contribution in [-0.4, -0.2) is 17.4 Å². The van der Waals surface area contributed by atoms with E-state index in [1.165, 1.54) is 17.7 Å². The maximum Gasteiger partial charge on any atom is 0.251 e. The molecule has 128 valence electrons. The average Bonchev–Trinajstić information content (AvgIpc) is 2.61. The zero-order valence-electron chi connectivity index (χ0n) is 13.7. The molecule has 4 nitrogen and oxygen atoms in total. The van der Waals surface area contributed by atoms with E-state index < -0.39 is 5.82 Å². The van der Waals surface area contributed by atoms with Crippen molar-refractivity contribution < 1.29 is 9.18 Å². The van der Waals surface area contributed by atoms with E-state index in [0.717, 1.165) is 11.8 Å². The third kappa shape index (κ3) is 4.53. The van der Waals surface area contributed by atoms with E-state index in [1.807, 2.05) is 30.3 Å². The second kappa shape index (κ2) is 7.75. The number of hydrogen-bond donors (Lipinski definition) is 2. The minimum absolute atomic E-state index is 0.0884. The number of nitrogens with one attached hydrogen (secondary N) is 2. The first-order chi connectivity index (χ1) is 12.1. The lowest BCUT2D eigenvalue weighted by Gasteiger charge is -2.06. The summed E-state index contributed by atoms with van der Waals surface area (Å²) >= 11 is 0. The SMILES string of the molecule is O=C(CCc1cc2ccc(F)cc2[nH]c1=O)NCCc1ccccc1. The van der Waals surface area contributed by atoms with Gasteiger partial charge in [-0.1, -0.05) is 30.3 Å². The topological polar surface area (TPSA) is 62.0 Å². The van der Waals surface area contributed by atoms with Crippen molar-refractivity contribution in [1.29, 1.82) is 0 Å². The molecule has 0 atom stereocenters. The highest BCUT2D eigenvalue weighted by Crippen LogP contribution is 2.13. The van der Waals surface area contributed by atoms with Crippen LogP contribution in [-0.2, 0) is 17.6 Å². The number of carbonyl (C=O) groups excluding carboxylic acids is 1. The van der Waals surface area contributed by atoms with Crippen LogP contribution < -0.4 is 10.9 Å². The summed E-state index contributed by atoms with van der Waals surface area (Å²) in [6.07, 6.45) is 1.36. The summed E-state index contributed by atoms with van der Waals surface area (Å²) in [6.45, 7) is 0.566. The summed E-state index contributed by atoms with van der Waals surface area (Å²) in [6, 6.07) is 15.9. The number of rotatable bonds is 6. The number of aromatic amines is 1. The van der Waals surface area contributed by atoms with E-state index in [-0.39, 0.29) is 17.9 Å². The van der Waals surface area contributed by atoms with Gasteiger partial charge in [0, 0.05) is 18.5 Å². The van der Waals surface area contributed by atoms with Gasteiger partial charge in [-0.25, -0.2) is 4.39 Å². The molecule has 0 radical (unpaired) electrons. The number of H-pyrrole nitrogens is 1. The minimum atomic E-state index is -0.395. The van der Waals surface area contributed by atoms with Crippen molar-refractivity contribution in [3.05, 3.63) is 81.9 Å². The van der Waals surface area contributed by atoms with Crippen molar-refractivity contribution in [2.75, 3.05) is 6.54 Å². The molecule has 25 heavy (non-hydrogen) atoms. The van der Waals surface area contributed by atoms with Crippen LogP contribution in [0.25, 0.3) is 10.9 Å². The molecule has 5 heteroatoms. The van der Waals surface area contributed by atoms with Gasteiger partial charge in [-0.2, -0.15) is 0 Å². The molecule has 0 aliphatic rings. The highest BCUT2D eigenvalue weighted by atomic mass is 19.1. The number of benzene rings is 2. The van der Waals surface area contributed by atoms with Crippen LogP contribution in [0.5, 0.6) is 0 Å². The Hall–Kier alpha value is -2.95. The number of fused-ring (bicyclic) bond motifs is 1. The highest BCUT2D eigenvalue weighted by Gasteiger charge is 2.07. The van der Waals surface area contributed by atoms with Gasteiger partial charge >= 0.3 is 0 Å². The first-order valence-electron chi connectivity index (χ1n) is 8.24. The Kier molecular flexibility index (Phi) is 5.23. The second-order valence-electron chi connectivity index (χ2n) is 5.94. The maximum atomic E-state index is 13.2. The molecule has 0 bridgehead atoms. The molecular formula is C20H19FN2O2. The van der Waals surface area contributed by atoms with Crippen molar-refractivity contribution >= 4 is 16.8 Å². The lowest BCUT2D eigenvalue weighted by molar-refractivity contribution is -0.121. The van der Waals surface area contributed by atoms with Gasteiger partial charge in [0.1, 0.15) is 5.82 Å². The summed E-state index contributed by atoms with van der Waals surface area (Å²) < 4.78 is 13.2. The fourth-order valence-corrected chi connectivity index (χ4v) is 2.73. The smallest absolute Gasteiger partial charge is 0.251 e. The van der Waals surface area contributed by atoms with Gasteiger partial charge in [0.05, 0.1) is 5.52 Å². The van der Waals surface area contributed by atoms with E-state index in [9.17, 15) is 14.0 Å². The van der Waals surface area contributed by atoms with E-state index in [4.69, 9.17) is 0 Å². The zero-order chi connectivity index (χ0) is 17.6. The number of hydrogen-bond acceptors (Lipinski definition) is 2. The summed E-state index contributed by atoms with van der Waals surface area (Å²) in [5.74, 6) is -0.483. The van der Waals surface area contributed by atoms with Crippen LogP contribution >= 0.6 is 0 Å². The molecule has 2 N–H and O–H groups in total. The monoisotopic (exact) mass is 338 g/mol. The van der Waals surface area contributed by atoms with Gasteiger partial charge in [0.2, 0.25) is 5.91 Å². The van der Waals surface area contributed by atoms with E-state index >= 15 is 0 Å². The predicted molar refractivity (Wildman–Crippen MR) is 96.0 cm³/mol. The third-order valence-electron chi connectivity index (χ3n) is 4.08. The summed E-state index contributed by atoms with van der Waals surface area (Å²) in [4.78, 5) is 26.7. The molecule has 1 heterocycles. The molecule has 2 aromatic carbocycles. The standard InChI is InChI=1S/C20H19FN2O2/c21-17-8-6-15-12-16(20(25)23-18(15)13-17)7-9-19(24)22-11-10-14-4-2-1-3-5-14/h1-6,8,12-13H,7,9-11H2,(H,22,24)(H,23,25). The molecule has 0 saturated carbocycles. The van der Waals surface area contributed by atoms with E-state index in [0.29, 0.717) is 24.0 Å². The van der Waals surface area contributed by atoms with Crippen LogP contribution in [0.1, 0.15) is 17.5 Å². The van der Waals surface area contributed by atoms with Crippen molar-refractivity contribution in [3.8, 4) is 0 Å². The van der Waals surface area contributed by atoms with Crippen LogP contribution in [0, 0.1) is 5.82 Å². The molecule has 0 unspecified atom stereocenters. The van der Waals surface area contributed by atoms with Crippen molar-refractivity contribution in [2.45, 2.75) is 19.3 Å². The summed E-state index contributed by atoms with van der Waals surface area (Å²) in [7, 11) is 0. The lowest BCUT2D eigenvalue weighted by Crippen LogP contribution is -2.26. The Morgan fingerprint density at radius 2 is 1.84 bits per heavy atom. The molecule has 0 saturated heterocycles. The fraction of sp³-hybridized carbons (Fsp3) is 0.200. The van der Waals surface area contributed by atoms with Crippen molar-refractivity contribution in [2.24, 2.45) is 0 Å². The molecule has 1 aromatic heterocycles. The Bertz CT molecular complexity index is 935. The number of aromatic nitrogens is 1. The Balaban J connectivity index is 1.55. The first-order valence-corrected chi connectivity index (χ1v) is 8.24. The maximum absolute atomic E-state index is 13.2. The van der Waals surface area contributed by atoms with E-state index in [2.05, 4.69) is 10.3 Å². The fourth-order valence-electron chi connectivity index (χ4n) is 2.73. The molecular weight excluding hydrogens is 319 g/mol. The molecule has 0 aliphatic carbocycles. The molecule has 0 fully saturated rings. The largest absolute Gasteiger partial charge is 0.356 e. The Morgan fingerprint density at radius 1 is 1.04 bits per heavy atom. The van der Waals surface area contributed by atoms with Crippen LogP contribution in [0.3, 0.4) is 0 Å². The zero-order valence-corrected chi connectivity index (χ0v) is 13.7. The Labute approximate surface area is 144 Å². The molecule has 3 rings (SSSR count). The normalized spacial score (nSPS) is 10.8. The predicted octanol–water partition coefficient (Wildman–Crippen LogP) is 2.96.